The van der Waals surface area contributed by atoms with Gasteiger partial charge in [-0.1, -0.05) is 0 Å². The summed E-state index contributed by atoms with van der Waals surface area (Å²) in [5.74, 6) is 1.11. The molecule has 0 N–H and O–H groups in total. The van der Waals surface area contributed by atoms with Crippen molar-refractivity contribution in [3.63, 3.8) is 0 Å². The molecular formula is C17H20N4OS. The molecule has 23 heavy (non-hydrogen) atoms. The molecule has 1 saturated heterocycles. The molecule has 0 atom stereocenters. The lowest BCUT2D eigenvalue weighted by molar-refractivity contribution is 0.0745. The Hall–Kier alpha value is -1.95. The second-order valence-corrected chi connectivity index (χ2v) is 7.07. The van der Waals surface area contributed by atoms with Crippen molar-refractivity contribution in [1.82, 2.24) is 14.9 Å². The standard InChI is InChI=1S/C17H20N4OS/c22-17(14-12-23-15-4-2-1-3-13(14)15)21-9-7-20(8-10-21)16-11-18-5-6-19-16/h5-6,11-12H,1-4,7-10H2. The molecule has 5 nitrogen and oxygen atoms in total. The van der Waals surface area contributed by atoms with Crippen LogP contribution in [0, 0.1) is 0 Å². The van der Waals surface area contributed by atoms with Crippen molar-refractivity contribution in [1.29, 1.82) is 0 Å². The van der Waals surface area contributed by atoms with Crippen molar-refractivity contribution in [2.45, 2.75) is 25.7 Å². The van der Waals surface area contributed by atoms with Gasteiger partial charge in [0, 0.05) is 48.8 Å². The summed E-state index contributed by atoms with van der Waals surface area (Å²) in [5, 5.41) is 2.08. The molecule has 2 aromatic heterocycles. The highest BCUT2D eigenvalue weighted by molar-refractivity contribution is 7.10. The van der Waals surface area contributed by atoms with Gasteiger partial charge >= 0.3 is 0 Å². The highest BCUT2D eigenvalue weighted by atomic mass is 32.1. The zero-order chi connectivity index (χ0) is 15.6. The van der Waals surface area contributed by atoms with Crippen LogP contribution in [0.2, 0.25) is 0 Å². The molecule has 0 unspecified atom stereocenters. The van der Waals surface area contributed by atoms with Crippen molar-refractivity contribution in [2.75, 3.05) is 31.1 Å². The van der Waals surface area contributed by atoms with E-state index in [0.29, 0.717) is 0 Å². The third-order valence-corrected chi connectivity index (χ3v) is 5.82. The predicted molar refractivity (Wildman–Crippen MR) is 91.1 cm³/mol. The average Bonchev–Trinajstić information content (AvgIpc) is 3.06. The van der Waals surface area contributed by atoms with Crippen molar-refractivity contribution in [3.05, 3.63) is 40.0 Å². The summed E-state index contributed by atoms with van der Waals surface area (Å²) in [6.45, 7) is 3.13. The quantitative estimate of drug-likeness (QED) is 0.849. The van der Waals surface area contributed by atoms with Gasteiger partial charge in [-0.3, -0.25) is 9.78 Å². The molecule has 0 spiro atoms. The fraction of sp³-hybridized carbons (Fsp3) is 0.471. The number of hydrogen-bond acceptors (Lipinski definition) is 5. The third-order valence-electron chi connectivity index (χ3n) is 4.73. The van der Waals surface area contributed by atoms with E-state index in [2.05, 4.69) is 20.2 Å². The molecule has 2 aromatic rings. The smallest absolute Gasteiger partial charge is 0.255 e. The largest absolute Gasteiger partial charge is 0.352 e. The first-order chi connectivity index (χ1) is 11.3. The van der Waals surface area contributed by atoms with Crippen molar-refractivity contribution < 1.29 is 4.79 Å². The van der Waals surface area contributed by atoms with E-state index in [0.717, 1.165) is 50.4 Å². The van der Waals surface area contributed by atoms with Crippen LogP contribution in [-0.2, 0) is 12.8 Å². The third kappa shape index (κ3) is 2.83. The lowest BCUT2D eigenvalue weighted by Gasteiger charge is -2.35. The topological polar surface area (TPSA) is 49.3 Å². The summed E-state index contributed by atoms with van der Waals surface area (Å²) in [7, 11) is 0. The van der Waals surface area contributed by atoms with Crippen LogP contribution in [0.15, 0.2) is 24.0 Å². The number of piperazine rings is 1. The minimum atomic E-state index is 0.211. The highest BCUT2D eigenvalue weighted by Gasteiger charge is 2.27. The molecule has 0 aromatic carbocycles. The molecular weight excluding hydrogens is 308 g/mol. The number of aryl methyl sites for hydroxylation is 1. The fourth-order valence-corrected chi connectivity index (χ4v) is 4.56. The molecule has 0 bridgehead atoms. The van der Waals surface area contributed by atoms with Crippen molar-refractivity contribution in [2.24, 2.45) is 0 Å². The van der Waals surface area contributed by atoms with Gasteiger partial charge in [-0.2, -0.15) is 0 Å². The van der Waals surface area contributed by atoms with E-state index < -0.39 is 0 Å². The van der Waals surface area contributed by atoms with Gasteiger partial charge < -0.3 is 9.80 Å². The zero-order valence-electron chi connectivity index (χ0n) is 13.1. The van der Waals surface area contributed by atoms with E-state index >= 15 is 0 Å². The molecule has 0 saturated carbocycles. The van der Waals surface area contributed by atoms with E-state index in [4.69, 9.17) is 0 Å². The van der Waals surface area contributed by atoms with Crippen LogP contribution in [0.3, 0.4) is 0 Å². The Balaban J connectivity index is 1.44. The Morgan fingerprint density at radius 3 is 2.70 bits per heavy atom. The second-order valence-electron chi connectivity index (χ2n) is 6.10. The summed E-state index contributed by atoms with van der Waals surface area (Å²) in [4.78, 5) is 26.9. The number of aromatic nitrogens is 2. The molecule has 2 aliphatic rings. The van der Waals surface area contributed by atoms with Crippen LogP contribution in [0.1, 0.15) is 33.6 Å². The summed E-state index contributed by atoms with van der Waals surface area (Å²) in [5.41, 5.74) is 2.28. The van der Waals surface area contributed by atoms with Crippen LogP contribution < -0.4 is 4.90 Å². The van der Waals surface area contributed by atoms with Gasteiger partial charge in [0.05, 0.1) is 11.8 Å². The van der Waals surface area contributed by atoms with Gasteiger partial charge in [0.25, 0.3) is 5.91 Å². The first-order valence-corrected chi connectivity index (χ1v) is 9.10. The number of amides is 1. The van der Waals surface area contributed by atoms with Crippen LogP contribution in [0.25, 0.3) is 0 Å². The maximum Gasteiger partial charge on any atom is 0.255 e. The molecule has 1 amide bonds. The number of fused-ring (bicyclic) bond motifs is 1. The van der Waals surface area contributed by atoms with Crippen molar-refractivity contribution >= 4 is 23.1 Å². The molecule has 1 aliphatic carbocycles. The Bertz CT molecular complexity index is 692. The van der Waals surface area contributed by atoms with Gasteiger partial charge in [-0.05, 0) is 31.2 Å². The maximum atomic E-state index is 12.9. The second kappa shape index (κ2) is 6.28. The average molecular weight is 328 g/mol. The summed E-state index contributed by atoms with van der Waals surface area (Å²) < 4.78 is 0. The molecule has 0 radical (unpaired) electrons. The number of nitrogens with zero attached hydrogens (tertiary/aromatic N) is 4. The van der Waals surface area contributed by atoms with E-state index in [9.17, 15) is 4.79 Å². The Labute approximate surface area is 140 Å². The van der Waals surface area contributed by atoms with Crippen LogP contribution in [0.4, 0.5) is 5.82 Å². The van der Waals surface area contributed by atoms with Crippen molar-refractivity contribution in [3.8, 4) is 0 Å². The number of thiophene rings is 1. The van der Waals surface area contributed by atoms with Gasteiger partial charge in [-0.25, -0.2) is 4.98 Å². The Kier molecular flexibility index (Phi) is 3.99. The van der Waals surface area contributed by atoms with E-state index in [1.165, 1.54) is 23.3 Å². The summed E-state index contributed by atoms with van der Waals surface area (Å²) in [6.07, 6.45) is 9.87. The predicted octanol–water partition coefficient (Wildman–Crippen LogP) is 2.38. The number of carbonyl (C=O) groups is 1. The minimum absolute atomic E-state index is 0.211. The Morgan fingerprint density at radius 2 is 1.91 bits per heavy atom. The molecule has 120 valence electrons. The monoisotopic (exact) mass is 328 g/mol. The number of rotatable bonds is 2. The van der Waals surface area contributed by atoms with Crippen LogP contribution in [0.5, 0.6) is 0 Å². The minimum Gasteiger partial charge on any atom is -0.352 e. The summed E-state index contributed by atoms with van der Waals surface area (Å²) >= 11 is 1.77. The highest BCUT2D eigenvalue weighted by Crippen LogP contribution is 2.31. The number of anilines is 1. The molecule has 1 fully saturated rings. The van der Waals surface area contributed by atoms with Gasteiger partial charge in [0.2, 0.25) is 0 Å². The number of carbonyl (C=O) groups excluding carboxylic acids is 1. The molecule has 1 aliphatic heterocycles. The van der Waals surface area contributed by atoms with E-state index in [1.54, 1.807) is 29.9 Å². The molecule has 4 rings (SSSR count). The first kappa shape index (κ1) is 14.6. The molecule has 6 heteroatoms. The van der Waals surface area contributed by atoms with Gasteiger partial charge in [0.15, 0.2) is 0 Å². The Morgan fingerprint density at radius 1 is 1.09 bits per heavy atom. The van der Waals surface area contributed by atoms with E-state index in [-0.39, 0.29) is 5.91 Å². The lowest BCUT2D eigenvalue weighted by Crippen LogP contribution is -2.49. The zero-order valence-corrected chi connectivity index (χ0v) is 13.9. The number of hydrogen-bond donors (Lipinski definition) is 0. The lowest BCUT2D eigenvalue weighted by atomic mass is 9.95. The van der Waals surface area contributed by atoms with Gasteiger partial charge in [0.1, 0.15) is 5.82 Å². The summed E-state index contributed by atoms with van der Waals surface area (Å²) in [6, 6.07) is 0. The molecule has 3 heterocycles. The van der Waals surface area contributed by atoms with Gasteiger partial charge in [-0.15, -0.1) is 11.3 Å². The fourth-order valence-electron chi connectivity index (χ4n) is 3.44. The first-order valence-electron chi connectivity index (χ1n) is 8.22. The van der Waals surface area contributed by atoms with Crippen LogP contribution >= 0.6 is 11.3 Å². The normalized spacial score (nSPS) is 17.9. The van der Waals surface area contributed by atoms with E-state index in [1.807, 2.05) is 4.90 Å². The maximum absolute atomic E-state index is 12.9. The van der Waals surface area contributed by atoms with Crippen LogP contribution in [-0.4, -0.2) is 47.0 Å². The SMILES string of the molecule is O=C(c1csc2c1CCCC2)N1CCN(c2cnccn2)CC1.